The molecule has 3 aromatic rings. The Morgan fingerprint density at radius 3 is 2.57 bits per heavy atom. The number of fused-ring (bicyclic) bond motifs is 1. The van der Waals surface area contributed by atoms with Gasteiger partial charge in [0.1, 0.15) is 23.0 Å². The molecule has 0 fully saturated rings. The molecule has 7 nitrogen and oxygen atoms in total. The fourth-order valence-corrected chi connectivity index (χ4v) is 4.09. The summed E-state index contributed by atoms with van der Waals surface area (Å²) in [6, 6.07) is 14.3. The summed E-state index contributed by atoms with van der Waals surface area (Å²) < 4.78 is 11.4. The van der Waals surface area contributed by atoms with Gasteiger partial charge in [-0.15, -0.1) is 0 Å². The van der Waals surface area contributed by atoms with Crippen LogP contribution in [0.5, 0.6) is 23.0 Å². The Kier molecular flexibility index (Phi) is 9.33. The number of aliphatic carboxylic acids is 1. The predicted octanol–water partition coefficient (Wildman–Crippen LogP) is 1.08. The summed E-state index contributed by atoms with van der Waals surface area (Å²) >= 11 is 12.2. The Balaban J connectivity index is 0.00000342. The summed E-state index contributed by atoms with van der Waals surface area (Å²) in [5, 5.41) is 24.8. The van der Waals surface area contributed by atoms with E-state index in [2.05, 4.69) is 5.32 Å². The molecule has 0 aliphatic carbocycles. The zero-order chi connectivity index (χ0) is 24.2. The second-order valence-corrected chi connectivity index (χ2v) is 8.58. The zero-order valence-electron chi connectivity index (χ0n) is 18.8. The molecule has 1 heterocycles. The van der Waals surface area contributed by atoms with Gasteiger partial charge in [-0.2, -0.15) is 0 Å². The predicted molar refractivity (Wildman–Crippen MR) is 125 cm³/mol. The van der Waals surface area contributed by atoms with Crippen LogP contribution in [-0.4, -0.2) is 30.1 Å². The molecule has 4 rings (SSSR count). The molecule has 0 saturated carbocycles. The van der Waals surface area contributed by atoms with Gasteiger partial charge in [-0.25, -0.2) is 0 Å². The zero-order valence-corrected chi connectivity index (χ0v) is 22.4. The first-order chi connectivity index (χ1) is 16.3. The standard InChI is InChI=1S/C25H21Cl2NO6.Na/c26-16-3-6-21(29)15(11-16)7-9-28-24(30)14-1-4-17(5-2-14)34-23-13-22-19(12-20(23)27)18(25(31)32)8-10-33-22;/h1-6,11-13,18,29H,7-10H2,(H,28,30)(H,31,32);/q;+1/p-1. The van der Waals surface area contributed by atoms with Crippen molar-refractivity contribution in [3.63, 3.8) is 0 Å². The molecular weight excluding hydrogens is 504 g/mol. The summed E-state index contributed by atoms with van der Waals surface area (Å²) in [4.78, 5) is 23.8. The molecule has 35 heavy (non-hydrogen) atoms. The first kappa shape index (κ1) is 27.2. The smallest absolute Gasteiger partial charge is 0.549 e. The van der Waals surface area contributed by atoms with E-state index >= 15 is 0 Å². The fourth-order valence-electron chi connectivity index (χ4n) is 3.68. The maximum atomic E-state index is 12.4. The van der Waals surface area contributed by atoms with Crippen LogP contribution in [0.2, 0.25) is 10.0 Å². The Morgan fingerprint density at radius 1 is 1.11 bits per heavy atom. The van der Waals surface area contributed by atoms with E-state index in [0.717, 1.165) is 0 Å². The molecule has 1 atom stereocenters. The van der Waals surface area contributed by atoms with Crippen molar-refractivity contribution in [3.8, 4) is 23.0 Å². The van der Waals surface area contributed by atoms with E-state index in [1.54, 1.807) is 42.5 Å². The molecular formula is C25H20Cl2NNaO6. The van der Waals surface area contributed by atoms with Gasteiger partial charge in [0, 0.05) is 40.6 Å². The Morgan fingerprint density at radius 2 is 1.86 bits per heavy atom. The van der Waals surface area contributed by atoms with Gasteiger partial charge >= 0.3 is 29.6 Å². The van der Waals surface area contributed by atoms with E-state index in [-0.39, 0.29) is 52.8 Å². The van der Waals surface area contributed by atoms with Crippen LogP contribution >= 0.6 is 23.2 Å². The average Bonchev–Trinajstić information content (AvgIpc) is 2.81. The molecule has 176 valence electrons. The Labute approximate surface area is 234 Å². The van der Waals surface area contributed by atoms with Gasteiger partial charge in [0.25, 0.3) is 5.91 Å². The second kappa shape index (κ2) is 12.0. The summed E-state index contributed by atoms with van der Waals surface area (Å²) in [7, 11) is 0. The van der Waals surface area contributed by atoms with Crippen LogP contribution in [-0.2, 0) is 11.2 Å². The maximum Gasteiger partial charge on any atom is 1.00 e. The first-order valence-electron chi connectivity index (χ1n) is 10.5. The van der Waals surface area contributed by atoms with E-state index in [1.807, 2.05) is 0 Å². The molecule has 1 aliphatic rings. The summed E-state index contributed by atoms with van der Waals surface area (Å²) in [5.41, 5.74) is 1.54. The minimum atomic E-state index is -1.17. The third-order valence-corrected chi connectivity index (χ3v) is 5.98. The average molecular weight is 524 g/mol. The molecule has 1 aliphatic heterocycles. The van der Waals surface area contributed by atoms with Crippen molar-refractivity contribution >= 4 is 35.1 Å². The monoisotopic (exact) mass is 523 g/mol. The number of carboxylic acids is 1. The number of benzene rings is 3. The summed E-state index contributed by atoms with van der Waals surface area (Å²) in [6.07, 6.45) is 0.743. The molecule has 0 bridgehead atoms. The topological polar surface area (TPSA) is 108 Å². The van der Waals surface area contributed by atoms with E-state index in [1.165, 1.54) is 12.1 Å². The van der Waals surface area contributed by atoms with Gasteiger partial charge in [-0.05, 0) is 66.9 Å². The van der Waals surface area contributed by atoms with E-state index in [0.29, 0.717) is 58.3 Å². The van der Waals surface area contributed by atoms with Crippen LogP contribution in [0.1, 0.15) is 33.8 Å². The number of nitrogens with one attached hydrogen (secondary N) is 1. The van der Waals surface area contributed by atoms with Crippen molar-refractivity contribution in [2.24, 2.45) is 0 Å². The second-order valence-electron chi connectivity index (χ2n) is 7.73. The number of halogens is 2. The number of carbonyl (C=O) groups excluding carboxylic acids is 2. The fraction of sp³-hybridized carbons (Fsp3) is 0.200. The molecule has 2 N–H and O–H groups in total. The summed E-state index contributed by atoms with van der Waals surface area (Å²) in [5.74, 6) is -0.972. The van der Waals surface area contributed by atoms with Crippen LogP contribution < -0.4 is 49.5 Å². The number of carbonyl (C=O) groups is 2. The van der Waals surface area contributed by atoms with Gasteiger partial charge in [-0.1, -0.05) is 23.2 Å². The number of amides is 1. The van der Waals surface area contributed by atoms with Crippen molar-refractivity contribution in [3.05, 3.63) is 81.3 Å². The molecule has 0 aromatic heterocycles. The Hall–Kier alpha value is -2.42. The van der Waals surface area contributed by atoms with Gasteiger partial charge in [0.15, 0.2) is 0 Å². The van der Waals surface area contributed by atoms with Crippen molar-refractivity contribution in [2.45, 2.75) is 18.8 Å². The number of hydrogen-bond donors (Lipinski definition) is 2. The number of carboxylic acid groups (broad SMARTS) is 1. The number of rotatable bonds is 7. The quantitative estimate of drug-likeness (QED) is 0.449. The maximum absolute atomic E-state index is 12.4. The Bertz CT molecular complexity index is 1240. The van der Waals surface area contributed by atoms with Crippen molar-refractivity contribution < 1.29 is 58.8 Å². The van der Waals surface area contributed by atoms with E-state index in [9.17, 15) is 19.8 Å². The van der Waals surface area contributed by atoms with Crippen molar-refractivity contribution in [1.29, 1.82) is 0 Å². The number of phenolic OH excluding ortho intramolecular Hbond substituents is 1. The van der Waals surface area contributed by atoms with Crippen LogP contribution in [0.4, 0.5) is 0 Å². The van der Waals surface area contributed by atoms with Crippen LogP contribution in [0.25, 0.3) is 0 Å². The van der Waals surface area contributed by atoms with Gasteiger partial charge < -0.3 is 29.8 Å². The molecule has 10 heteroatoms. The van der Waals surface area contributed by atoms with Crippen LogP contribution in [0.3, 0.4) is 0 Å². The van der Waals surface area contributed by atoms with Crippen LogP contribution in [0, 0.1) is 0 Å². The number of aromatic hydroxyl groups is 1. The normalized spacial score (nSPS) is 14.2. The van der Waals surface area contributed by atoms with Gasteiger partial charge in [-0.3, -0.25) is 4.79 Å². The third kappa shape index (κ3) is 6.63. The molecule has 0 radical (unpaired) electrons. The largest absolute Gasteiger partial charge is 1.00 e. The van der Waals surface area contributed by atoms with Crippen LogP contribution in [0.15, 0.2) is 54.6 Å². The molecule has 1 amide bonds. The first-order valence-corrected chi connectivity index (χ1v) is 11.3. The minimum absolute atomic E-state index is 0. The number of hydrogen-bond acceptors (Lipinski definition) is 6. The van der Waals surface area contributed by atoms with Crippen molar-refractivity contribution in [2.75, 3.05) is 13.2 Å². The molecule has 0 saturated heterocycles. The SMILES string of the molecule is O=C(NCCc1cc(Cl)ccc1O)c1ccc(Oc2cc3c(cc2Cl)C(C(=O)[O-])CCO3)cc1.[Na+]. The minimum Gasteiger partial charge on any atom is -0.549 e. The number of ether oxygens (including phenoxy) is 2. The molecule has 3 aromatic carbocycles. The van der Waals surface area contributed by atoms with Gasteiger partial charge in [0.2, 0.25) is 0 Å². The molecule has 0 spiro atoms. The van der Waals surface area contributed by atoms with E-state index < -0.39 is 11.9 Å². The van der Waals surface area contributed by atoms with Gasteiger partial charge in [0.05, 0.1) is 11.6 Å². The van der Waals surface area contributed by atoms with E-state index in [4.69, 9.17) is 32.7 Å². The number of phenols is 1. The molecule has 1 unspecified atom stereocenters. The third-order valence-electron chi connectivity index (χ3n) is 5.45. The summed E-state index contributed by atoms with van der Waals surface area (Å²) in [6.45, 7) is 0.579. The van der Waals surface area contributed by atoms with Crippen molar-refractivity contribution in [1.82, 2.24) is 5.32 Å².